The first-order valence-electron chi connectivity index (χ1n) is 6.83. The summed E-state index contributed by atoms with van der Waals surface area (Å²) in [7, 11) is 0. The average Bonchev–Trinajstić information content (AvgIpc) is 2.86. The quantitative estimate of drug-likeness (QED) is 0.612. The minimum Gasteiger partial charge on any atom is -0.463 e. The van der Waals surface area contributed by atoms with E-state index in [1.54, 1.807) is 26.0 Å². The molecule has 6 heteroatoms. The number of benzene rings is 1. The molecule has 0 unspecified atom stereocenters. The standard InChI is InChI=1S/C16H15F3O3/c1-3-12-9-11-7-10(5-6-14(20)21-4-2)8-13(15(11)22-12)16(17,18)19/h5-9H,3-4H2,1-2H3/b6-5+. The Morgan fingerprint density at radius 2 is 2.00 bits per heavy atom. The van der Waals surface area contributed by atoms with Gasteiger partial charge in [0.15, 0.2) is 0 Å². The highest BCUT2D eigenvalue weighted by Crippen LogP contribution is 2.37. The Labute approximate surface area is 125 Å². The van der Waals surface area contributed by atoms with Gasteiger partial charge in [0.2, 0.25) is 0 Å². The first-order chi connectivity index (χ1) is 10.3. The van der Waals surface area contributed by atoms with Crippen molar-refractivity contribution in [2.24, 2.45) is 0 Å². The first-order valence-corrected chi connectivity index (χ1v) is 6.83. The van der Waals surface area contributed by atoms with Crippen LogP contribution in [0.2, 0.25) is 0 Å². The summed E-state index contributed by atoms with van der Waals surface area (Å²) in [6, 6.07) is 4.08. The van der Waals surface area contributed by atoms with Crippen molar-refractivity contribution < 1.29 is 27.1 Å². The molecular formula is C16H15F3O3. The van der Waals surface area contributed by atoms with Gasteiger partial charge in [0.05, 0.1) is 12.2 Å². The predicted octanol–water partition coefficient (Wildman–Crippen LogP) is 4.59. The Balaban J connectivity index is 2.50. The van der Waals surface area contributed by atoms with Crippen molar-refractivity contribution in [2.45, 2.75) is 26.4 Å². The number of esters is 1. The van der Waals surface area contributed by atoms with Crippen LogP contribution in [0.25, 0.3) is 17.0 Å². The van der Waals surface area contributed by atoms with Crippen molar-refractivity contribution in [1.82, 2.24) is 0 Å². The van der Waals surface area contributed by atoms with Gasteiger partial charge in [0, 0.05) is 17.9 Å². The van der Waals surface area contributed by atoms with Crippen molar-refractivity contribution in [1.29, 1.82) is 0 Å². The summed E-state index contributed by atoms with van der Waals surface area (Å²) in [4.78, 5) is 11.3. The molecule has 0 spiro atoms. The second kappa shape index (κ2) is 6.25. The molecule has 0 aliphatic rings. The molecular weight excluding hydrogens is 297 g/mol. The van der Waals surface area contributed by atoms with Crippen molar-refractivity contribution in [2.75, 3.05) is 6.61 Å². The zero-order chi connectivity index (χ0) is 16.3. The van der Waals surface area contributed by atoms with Crippen molar-refractivity contribution in [3.63, 3.8) is 0 Å². The van der Waals surface area contributed by atoms with Crippen molar-refractivity contribution >= 4 is 23.0 Å². The maximum absolute atomic E-state index is 13.2. The lowest BCUT2D eigenvalue weighted by Crippen LogP contribution is -2.05. The molecule has 0 atom stereocenters. The molecule has 0 aliphatic carbocycles. The fourth-order valence-corrected chi connectivity index (χ4v) is 2.07. The second-order valence-electron chi connectivity index (χ2n) is 4.64. The lowest BCUT2D eigenvalue weighted by Gasteiger charge is -2.08. The molecule has 118 valence electrons. The molecule has 0 N–H and O–H groups in total. The van der Waals surface area contributed by atoms with Crippen LogP contribution >= 0.6 is 0 Å². The molecule has 0 saturated heterocycles. The zero-order valence-electron chi connectivity index (χ0n) is 12.2. The number of halogens is 3. The Morgan fingerprint density at radius 1 is 1.27 bits per heavy atom. The number of carbonyl (C=O) groups excluding carboxylic acids is 1. The number of aryl methyl sites for hydroxylation is 1. The van der Waals surface area contributed by atoms with Gasteiger partial charge in [-0.2, -0.15) is 13.2 Å². The van der Waals surface area contributed by atoms with E-state index in [4.69, 9.17) is 9.15 Å². The van der Waals surface area contributed by atoms with E-state index in [9.17, 15) is 18.0 Å². The molecule has 0 amide bonds. The lowest BCUT2D eigenvalue weighted by atomic mass is 10.1. The third-order valence-corrected chi connectivity index (χ3v) is 3.04. The van der Waals surface area contributed by atoms with E-state index in [0.29, 0.717) is 17.6 Å². The number of alkyl halides is 3. The number of ether oxygens (including phenoxy) is 1. The minimum atomic E-state index is -4.53. The third kappa shape index (κ3) is 3.50. The van der Waals surface area contributed by atoms with Gasteiger partial charge in [-0.05, 0) is 36.8 Å². The number of fused-ring (bicyclic) bond motifs is 1. The normalized spacial score (nSPS) is 12.2. The number of carbonyl (C=O) groups is 1. The highest BCUT2D eigenvalue weighted by atomic mass is 19.4. The fourth-order valence-electron chi connectivity index (χ4n) is 2.07. The highest BCUT2D eigenvalue weighted by Gasteiger charge is 2.34. The van der Waals surface area contributed by atoms with E-state index in [1.807, 2.05) is 0 Å². The van der Waals surface area contributed by atoms with E-state index in [2.05, 4.69) is 0 Å². The number of hydrogen-bond donors (Lipinski definition) is 0. The monoisotopic (exact) mass is 312 g/mol. The lowest BCUT2D eigenvalue weighted by molar-refractivity contribution is -0.137. The van der Waals surface area contributed by atoms with Gasteiger partial charge in [0.1, 0.15) is 11.3 Å². The van der Waals surface area contributed by atoms with Gasteiger partial charge < -0.3 is 9.15 Å². The zero-order valence-corrected chi connectivity index (χ0v) is 12.2. The first kappa shape index (κ1) is 16.1. The van der Waals surface area contributed by atoms with Gasteiger partial charge >= 0.3 is 12.1 Å². The topological polar surface area (TPSA) is 39.4 Å². The van der Waals surface area contributed by atoms with Crippen LogP contribution in [-0.2, 0) is 22.1 Å². The maximum Gasteiger partial charge on any atom is 0.420 e. The van der Waals surface area contributed by atoms with E-state index < -0.39 is 17.7 Å². The molecule has 0 fully saturated rings. The number of rotatable bonds is 4. The van der Waals surface area contributed by atoms with E-state index >= 15 is 0 Å². The number of hydrogen-bond acceptors (Lipinski definition) is 3. The van der Waals surface area contributed by atoms with Crippen LogP contribution in [0.4, 0.5) is 13.2 Å². The molecule has 2 aromatic rings. The Bertz CT molecular complexity index is 711. The fraction of sp³-hybridized carbons (Fsp3) is 0.312. The maximum atomic E-state index is 13.2. The molecule has 1 aromatic heterocycles. The van der Waals surface area contributed by atoms with E-state index in [-0.39, 0.29) is 17.8 Å². The average molecular weight is 312 g/mol. The third-order valence-electron chi connectivity index (χ3n) is 3.04. The summed E-state index contributed by atoms with van der Waals surface area (Å²) in [5.41, 5.74) is -0.776. The number of furan rings is 1. The minimum absolute atomic E-state index is 0.183. The van der Waals surface area contributed by atoms with Crippen LogP contribution in [0, 0.1) is 0 Å². The molecule has 22 heavy (non-hydrogen) atoms. The van der Waals surface area contributed by atoms with Gasteiger partial charge in [0.25, 0.3) is 0 Å². The predicted molar refractivity (Wildman–Crippen MR) is 76.3 cm³/mol. The van der Waals surface area contributed by atoms with Crippen LogP contribution < -0.4 is 0 Å². The molecule has 1 aromatic carbocycles. The van der Waals surface area contributed by atoms with Crippen LogP contribution in [0.5, 0.6) is 0 Å². The van der Waals surface area contributed by atoms with E-state index in [0.717, 1.165) is 12.1 Å². The summed E-state index contributed by atoms with van der Waals surface area (Å²) in [5, 5.41) is 0.357. The summed E-state index contributed by atoms with van der Waals surface area (Å²) < 4.78 is 49.4. The smallest absolute Gasteiger partial charge is 0.420 e. The van der Waals surface area contributed by atoms with Gasteiger partial charge in [-0.1, -0.05) is 6.92 Å². The van der Waals surface area contributed by atoms with Gasteiger partial charge in [-0.15, -0.1) is 0 Å². The molecule has 2 rings (SSSR count). The largest absolute Gasteiger partial charge is 0.463 e. The second-order valence-corrected chi connectivity index (χ2v) is 4.64. The molecule has 1 heterocycles. The highest BCUT2D eigenvalue weighted by molar-refractivity contribution is 5.89. The molecule has 0 saturated carbocycles. The van der Waals surface area contributed by atoms with Crippen molar-refractivity contribution in [3.05, 3.63) is 41.2 Å². The summed E-state index contributed by atoms with van der Waals surface area (Å²) in [5.74, 6) is -0.121. The van der Waals surface area contributed by atoms with Crippen LogP contribution in [0.3, 0.4) is 0 Å². The van der Waals surface area contributed by atoms with Crippen LogP contribution in [0.15, 0.2) is 28.7 Å². The van der Waals surface area contributed by atoms with Crippen molar-refractivity contribution in [3.8, 4) is 0 Å². The molecule has 0 aliphatic heterocycles. The van der Waals surface area contributed by atoms with Crippen LogP contribution in [-0.4, -0.2) is 12.6 Å². The van der Waals surface area contributed by atoms with Crippen LogP contribution in [0.1, 0.15) is 30.7 Å². The Kier molecular flexibility index (Phi) is 4.59. The van der Waals surface area contributed by atoms with E-state index in [1.165, 1.54) is 6.08 Å². The molecule has 0 bridgehead atoms. The Hall–Kier alpha value is -2.24. The molecule has 0 radical (unpaired) electrons. The van der Waals surface area contributed by atoms with Gasteiger partial charge in [-0.3, -0.25) is 0 Å². The molecule has 3 nitrogen and oxygen atoms in total. The summed E-state index contributed by atoms with van der Waals surface area (Å²) in [6.45, 7) is 3.65. The SMILES string of the molecule is CCOC(=O)/C=C/c1cc(C(F)(F)F)c2oc(CC)cc2c1. The summed E-state index contributed by atoms with van der Waals surface area (Å²) >= 11 is 0. The van der Waals surface area contributed by atoms with Gasteiger partial charge in [-0.25, -0.2) is 4.79 Å². The Morgan fingerprint density at radius 3 is 2.59 bits per heavy atom. The summed E-state index contributed by atoms with van der Waals surface area (Å²) in [6.07, 6.45) is -1.63.